The number of benzene rings is 2. The van der Waals surface area contributed by atoms with Crippen molar-refractivity contribution in [2.45, 2.75) is 69.4 Å². The fraction of sp³-hybridized carbons (Fsp3) is 0.432. The Morgan fingerprint density at radius 3 is 1.86 bits per heavy atom. The zero-order valence-electron chi connectivity index (χ0n) is 37.3. The lowest BCUT2D eigenvalue weighted by Gasteiger charge is -2.22. The van der Waals surface area contributed by atoms with Crippen LogP contribution in [0.25, 0.3) is 11.1 Å². The highest BCUT2D eigenvalue weighted by Gasteiger charge is 2.33. The van der Waals surface area contributed by atoms with Gasteiger partial charge in [0.15, 0.2) is 6.61 Å². The maximum atomic E-state index is 13.4. The molecule has 0 spiro atoms. The van der Waals surface area contributed by atoms with Crippen molar-refractivity contribution in [3.05, 3.63) is 71.8 Å². The summed E-state index contributed by atoms with van der Waals surface area (Å²) in [7, 11) is 0. The fourth-order valence-electron chi connectivity index (χ4n) is 7.24. The standard InChI is InChI=1S/C44H53N9O16/c45-39(59)32(13-6-8-22-52-35(55)15-16-36(52)56)49-40(60)33(50-43(63)66-24-20-47-41(61)65-23-21-48-42(62)69-53-37(57)17-18-38(53)58)14-5-7-19-46-34(54)26-68-51-44(64)67-25-31-29-11-3-1-9-27(29)28-10-2-4-12-30(28)31/h1-4,9-12,15-16,31-33H,5-8,13-14,17-26H2,(H2,45,59)(H,46,54)(H,47,61)(H,48,62)(H,49,60)(H,50,63)(H,51,64)/t32-,33-/m0/s1. The Hall–Kier alpha value is -8.09. The van der Waals surface area contributed by atoms with Crippen LogP contribution in [-0.4, -0.2) is 140 Å². The molecule has 0 radical (unpaired) electrons. The molecule has 69 heavy (non-hydrogen) atoms. The number of hydrogen-bond donors (Lipinski definition) is 7. The monoisotopic (exact) mass is 963 g/mol. The van der Waals surface area contributed by atoms with Gasteiger partial charge in [-0.1, -0.05) is 48.5 Å². The molecule has 2 aliphatic heterocycles. The van der Waals surface area contributed by atoms with Crippen molar-refractivity contribution < 1.29 is 76.6 Å². The van der Waals surface area contributed by atoms with Crippen LogP contribution in [-0.2, 0) is 57.4 Å². The van der Waals surface area contributed by atoms with Crippen molar-refractivity contribution in [2.75, 3.05) is 52.6 Å². The zero-order chi connectivity index (χ0) is 49.7. The second-order valence-corrected chi connectivity index (χ2v) is 15.5. The largest absolute Gasteiger partial charge is 0.448 e. The summed E-state index contributed by atoms with van der Waals surface area (Å²) in [6, 6.07) is 13.2. The first-order valence-corrected chi connectivity index (χ1v) is 22.0. The molecule has 2 aromatic carbocycles. The van der Waals surface area contributed by atoms with Gasteiger partial charge in [-0.25, -0.2) is 19.2 Å². The van der Waals surface area contributed by atoms with Crippen molar-refractivity contribution in [3.8, 4) is 11.1 Å². The predicted molar refractivity (Wildman–Crippen MR) is 235 cm³/mol. The third-order valence-corrected chi connectivity index (χ3v) is 10.6. The van der Waals surface area contributed by atoms with Gasteiger partial charge in [0.1, 0.15) is 31.9 Å². The normalized spacial score (nSPS) is 14.6. The van der Waals surface area contributed by atoms with Gasteiger partial charge >= 0.3 is 24.4 Å². The molecular formula is C44H53N9O16. The van der Waals surface area contributed by atoms with Crippen molar-refractivity contribution in [2.24, 2.45) is 5.73 Å². The van der Waals surface area contributed by atoms with Crippen LogP contribution in [0.4, 0.5) is 19.2 Å². The molecular weight excluding hydrogens is 911 g/mol. The number of fused-ring (bicyclic) bond motifs is 3. The Labute approximate surface area is 394 Å². The lowest BCUT2D eigenvalue weighted by atomic mass is 9.98. The second-order valence-electron chi connectivity index (χ2n) is 15.5. The number of nitrogens with zero attached hydrogens (tertiary/aromatic N) is 2. The Balaban J connectivity index is 1.000. The number of ether oxygens (including phenoxy) is 3. The van der Waals surface area contributed by atoms with Crippen LogP contribution >= 0.6 is 0 Å². The first-order chi connectivity index (χ1) is 33.2. The van der Waals surface area contributed by atoms with Crippen LogP contribution in [0, 0.1) is 0 Å². The summed E-state index contributed by atoms with van der Waals surface area (Å²) in [6.45, 7) is -1.49. The van der Waals surface area contributed by atoms with Gasteiger partial charge in [0.05, 0.1) is 13.1 Å². The van der Waals surface area contributed by atoms with E-state index in [1.165, 1.54) is 0 Å². The summed E-state index contributed by atoms with van der Waals surface area (Å²) >= 11 is 0. The highest BCUT2D eigenvalue weighted by molar-refractivity contribution is 6.12. The second kappa shape index (κ2) is 26.3. The van der Waals surface area contributed by atoms with E-state index in [0.717, 1.165) is 39.3 Å². The van der Waals surface area contributed by atoms with Crippen LogP contribution < -0.4 is 37.8 Å². The van der Waals surface area contributed by atoms with E-state index in [2.05, 4.69) is 36.9 Å². The minimum Gasteiger partial charge on any atom is -0.448 e. The van der Waals surface area contributed by atoms with E-state index in [-0.39, 0.29) is 90.4 Å². The number of alkyl carbamates (subject to hydrolysis) is 2. The molecule has 1 aliphatic carbocycles. The molecule has 0 aromatic heterocycles. The van der Waals surface area contributed by atoms with Crippen LogP contribution in [0.1, 0.15) is 68.4 Å². The zero-order valence-corrected chi connectivity index (χ0v) is 37.3. The number of carbonyl (C=O) groups excluding carboxylic acids is 11. The van der Waals surface area contributed by atoms with Crippen molar-refractivity contribution in [1.29, 1.82) is 0 Å². The van der Waals surface area contributed by atoms with E-state index in [0.29, 0.717) is 17.9 Å². The molecule has 0 saturated carbocycles. The molecule has 2 atom stereocenters. The molecule has 1 fully saturated rings. The van der Waals surface area contributed by atoms with E-state index in [1.54, 1.807) is 0 Å². The number of nitrogens with one attached hydrogen (secondary N) is 6. The maximum Gasteiger partial charge on any atom is 0.432 e. The molecule has 1 saturated heterocycles. The Bertz CT molecular complexity index is 2210. The third kappa shape index (κ3) is 16.0. The molecule has 370 valence electrons. The van der Waals surface area contributed by atoms with Crippen LogP contribution in [0.3, 0.4) is 0 Å². The summed E-state index contributed by atoms with van der Waals surface area (Å²) in [5.74, 6) is -4.67. The van der Waals surface area contributed by atoms with Gasteiger partial charge in [0, 0.05) is 44.0 Å². The van der Waals surface area contributed by atoms with E-state index in [4.69, 9.17) is 24.8 Å². The number of carbonyl (C=O) groups is 11. The molecule has 25 nitrogen and oxygen atoms in total. The van der Waals surface area contributed by atoms with Crippen molar-refractivity contribution in [3.63, 3.8) is 0 Å². The first-order valence-electron chi connectivity index (χ1n) is 22.0. The van der Waals surface area contributed by atoms with Gasteiger partial charge in [-0.15, -0.1) is 5.06 Å². The highest BCUT2D eigenvalue weighted by atomic mass is 16.7. The van der Waals surface area contributed by atoms with Gasteiger partial charge in [-0.3, -0.25) is 43.3 Å². The lowest BCUT2D eigenvalue weighted by molar-refractivity contribution is -0.171. The first kappa shape index (κ1) is 51.9. The SMILES string of the molecule is NC(=O)[C@H](CCCCN1C(=O)C=CC1=O)NC(=O)[C@H](CCCCNC(=O)CONC(=O)OCC1c2ccccc2-c2ccccc21)NC(=O)OCCNC(=O)OCCNC(=O)ON1C(=O)CCC1=O. The third-order valence-electron chi connectivity index (χ3n) is 10.6. The summed E-state index contributed by atoms with van der Waals surface area (Å²) in [5, 5.41) is 12.4. The minimum absolute atomic E-state index is 0.00882. The van der Waals surface area contributed by atoms with E-state index in [9.17, 15) is 52.7 Å². The number of amides is 11. The topological polar surface area (TPSA) is 339 Å². The molecule has 3 aliphatic rings. The van der Waals surface area contributed by atoms with Crippen LogP contribution in [0.15, 0.2) is 60.7 Å². The summed E-state index contributed by atoms with van der Waals surface area (Å²) in [5.41, 5.74) is 11.8. The smallest absolute Gasteiger partial charge is 0.432 e. The van der Waals surface area contributed by atoms with Crippen LogP contribution in [0.5, 0.6) is 0 Å². The van der Waals surface area contributed by atoms with Gasteiger partial charge in [-0.05, 0) is 60.8 Å². The number of rotatable bonds is 26. The fourth-order valence-corrected chi connectivity index (χ4v) is 7.24. The maximum absolute atomic E-state index is 13.4. The number of primary amides is 1. The van der Waals surface area contributed by atoms with E-state index < -0.39 is 84.4 Å². The van der Waals surface area contributed by atoms with Crippen molar-refractivity contribution >= 4 is 65.7 Å². The minimum atomic E-state index is -1.27. The quantitative estimate of drug-likeness (QED) is 0.0291. The Kier molecular flexibility index (Phi) is 19.8. The van der Waals surface area contributed by atoms with Gasteiger partial charge < -0.3 is 51.4 Å². The molecule has 0 unspecified atom stereocenters. The number of hydroxylamine groups is 3. The molecule has 0 bridgehead atoms. The Morgan fingerprint density at radius 2 is 1.22 bits per heavy atom. The van der Waals surface area contributed by atoms with Crippen molar-refractivity contribution in [1.82, 2.24) is 42.0 Å². The molecule has 2 heterocycles. The lowest BCUT2D eigenvalue weighted by Crippen LogP contribution is -2.53. The molecule has 5 rings (SSSR count). The number of unbranched alkanes of at least 4 members (excludes halogenated alkanes) is 2. The summed E-state index contributed by atoms with van der Waals surface area (Å²) in [6.07, 6.45) is -0.691. The average Bonchev–Trinajstić information content (AvgIpc) is 3.95. The van der Waals surface area contributed by atoms with Gasteiger partial charge in [-0.2, -0.15) is 5.48 Å². The number of imide groups is 2. The molecule has 25 heteroatoms. The number of hydrogen-bond acceptors (Lipinski definition) is 16. The summed E-state index contributed by atoms with van der Waals surface area (Å²) < 4.78 is 15.4. The predicted octanol–water partition coefficient (Wildman–Crippen LogP) is 0.420. The van der Waals surface area contributed by atoms with Crippen LogP contribution in [0.2, 0.25) is 0 Å². The molecule has 11 amide bonds. The van der Waals surface area contributed by atoms with E-state index in [1.807, 2.05) is 48.5 Å². The summed E-state index contributed by atoms with van der Waals surface area (Å²) in [4.78, 5) is 145. The highest BCUT2D eigenvalue weighted by Crippen LogP contribution is 2.44. The molecule has 2 aromatic rings. The Morgan fingerprint density at radius 1 is 0.638 bits per heavy atom. The molecule has 8 N–H and O–H groups in total. The average molecular weight is 964 g/mol. The van der Waals surface area contributed by atoms with Gasteiger partial charge in [0.25, 0.3) is 23.6 Å². The van der Waals surface area contributed by atoms with E-state index >= 15 is 0 Å². The van der Waals surface area contributed by atoms with Gasteiger partial charge in [0.2, 0.25) is 17.7 Å². The number of nitrogens with two attached hydrogens (primary N) is 1.